The molecule has 12 heavy (non-hydrogen) atoms. The third-order valence-electron chi connectivity index (χ3n) is 2.19. The van der Waals surface area contributed by atoms with E-state index in [0.717, 1.165) is 5.56 Å². The topological polar surface area (TPSA) is 25.2 Å². The van der Waals surface area contributed by atoms with Crippen molar-refractivity contribution in [3.8, 4) is 0 Å². The molecule has 0 aromatic carbocycles. The molecule has 0 atom stereocenters. The molecule has 0 radical (unpaired) electrons. The zero-order valence-corrected chi connectivity index (χ0v) is 6.98. The summed E-state index contributed by atoms with van der Waals surface area (Å²) in [5, 5.41) is 0. The van der Waals surface area contributed by atoms with Crippen molar-refractivity contribution in [2.45, 2.75) is 25.3 Å². The smallest absolute Gasteiger partial charge is 0.0499 e. The van der Waals surface area contributed by atoms with Gasteiger partial charge in [0.05, 0.1) is 0 Å². The lowest BCUT2D eigenvalue weighted by atomic mass is 9.94. The van der Waals surface area contributed by atoms with Crippen molar-refractivity contribution in [2.24, 2.45) is 4.99 Å². The predicted octanol–water partition coefficient (Wildman–Crippen LogP) is 2.05. The van der Waals surface area contributed by atoms with E-state index in [1.54, 1.807) is 6.20 Å². The minimum absolute atomic E-state index is 0.588. The first-order valence-corrected chi connectivity index (χ1v) is 4.38. The Hall–Kier alpha value is -1.18. The Morgan fingerprint density at radius 3 is 3.00 bits per heavy atom. The summed E-state index contributed by atoms with van der Waals surface area (Å²) >= 11 is 0. The quantitative estimate of drug-likeness (QED) is 0.608. The Morgan fingerprint density at radius 1 is 1.50 bits per heavy atom. The van der Waals surface area contributed by atoms with Crippen molar-refractivity contribution in [1.29, 1.82) is 0 Å². The second kappa shape index (κ2) is 3.48. The van der Waals surface area contributed by atoms with Crippen LogP contribution >= 0.6 is 0 Å². The van der Waals surface area contributed by atoms with Crippen LogP contribution in [-0.4, -0.2) is 17.2 Å². The molecule has 1 aromatic rings. The first-order valence-electron chi connectivity index (χ1n) is 4.38. The molecule has 2 nitrogen and oxygen atoms in total. The van der Waals surface area contributed by atoms with Crippen molar-refractivity contribution in [3.63, 3.8) is 0 Å². The Bertz CT molecular complexity index is 262. The summed E-state index contributed by atoms with van der Waals surface area (Å²) in [6, 6.07) is 4.54. The maximum atomic E-state index is 4.43. The number of aromatic nitrogens is 1. The molecule has 1 heterocycles. The van der Waals surface area contributed by atoms with E-state index < -0.39 is 0 Å². The fraction of sp³-hybridized carbons (Fsp3) is 0.400. The van der Waals surface area contributed by atoms with E-state index in [0.29, 0.717) is 6.04 Å². The Morgan fingerprint density at radius 2 is 2.42 bits per heavy atom. The largest absolute Gasteiger partial charge is 0.289 e. The summed E-state index contributed by atoms with van der Waals surface area (Å²) in [5.74, 6) is 0. The molecular formula is C10H12N2. The molecule has 1 saturated carbocycles. The van der Waals surface area contributed by atoms with Gasteiger partial charge in [-0.05, 0) is 25.3 Å². The highest BCUT2D eigenvalue weighted by Crippen LogP contribution is 2.21. The number of pyridine rings is 1. The SMILES string of the molecule is C(=N/C1CCC1)/c1cccnc1. The minimum Gasteiger partial charge on any atom is -0.289 e. The highest BCUT2D eigenvalue weighted by Gasteiger charge is 2.14. The van der Waals surface area contributed by atoms with Gasteiger partial charge in [-0.15, -0.1) is 0 Å². The maximum absolute atomic E-state index is 4.43. The molecule has 0 N–H and O–H groups in total. The van der Waals surface area contributed by atoms with Crippen molar-refractivity contribution in [2.75, 3.05) is 0 Å². The molecule has 0 amide bonds. The first-order chi connectivity index (χ1) is 5.95. The Kier molecular flexibility index (Phi) is 2.16. The number of aliphatic imine (C=N–C) groups is 1. The van der Waals surface area contributed by atoms with Crippen LogP contribution in [0.25, 0.3) is 0 Å². The van der Waals surface area contributed by atoms with E-state index in [1.165, 1.54) is 19.3 Å². The lowest BCUT2D eigenvalue weighted by Crippen LogP contribution is -2.14. The van der Waals surface area contributed by atoms with Gasteiger partial charge in [-0.2, -0.15) is 0 Å². The number of hydrogen-bond donors (Lipinski definition) is 0. The summed E-state index contributed by atoms with van der Waals surface area (Å²) < 4.78 is 0. The molecular weight excluding hydrogens is 148 g/mol. The molecule has 0 spiro atoms. The molecule has 0 unspecified atom stereocenters. The summed E-state index contributed by atoms with van der Waals surface area (Å²) in [5.41, 5.74) is 1.10. The Balaban J connectivity index is 1.98. The van der Waals surface area contributed by atoms with Crippen LogP contribution in [0, 0.1) is 0 Å². The highest BCUT2D eigenvalue weighted by atomic mass is 14.8. The molecule has 2 rings (SSSR count). The van der Waals surface area contributed by atoms with Gasteiger partial charge in [0.1, 0.15) is 0 Å². The van der Waals surface area contributed by atoms with Crippen LogP contribution in [0.15, 0.2) is 29.5 Å². The molecule has 2 heteroatoms. The second-order valence-corrected chi connectivity index (χ2v) is 3.15. The fourth-order valence-corrected chi connectivity index (χ4v) is 1.18. The van der Waals surface area contributed by atoms with Crippen LogP contribution in [0.2, 0.25) is 0 Å². The lowest BCUT2D eigenvalue weighted by Gasteiger charge is -2.20. The maximum Gasteiger partial charge on any atom is 0.0499 e. The zero-order chi connectivity index (χ0) is 8.23. The summed E-state index contributed by atoms with van der Waals surface area (Å²) in [6.45, 7) is 0. The standard InChI is InChI=1S/C10H12N2/c1-4-10(5-1)12-8-9-3-2-6-11-7-9/h2-3,6-8,10H,1,4-5H2/b12-8-. The van der Waals surface area contributed by atoms with Crippen molar-refractivity contribution in [1.82, 2.24) is 4.98 Å². The van der Waals surface area contributed by atoms with E-state index in [2.05, 4.69) is 9.98 Å². The van der Waals surface area contributed by atoms with Gasteiger partial charge in [-0.25, -0.2) is 0 Å². The van der Waals surface area contributed by atoms with Crippen LogP contribution in [0.1, 0.15) is 24.8 Å². The zero-order valence-electron chi connectivity index (χ0n) is 6.98. The highest BCUT2D eigenvalue weighted by molar-refractivity contribution is 5.79. The van der Waals surface area contributed by atoms with Crippen LogP contribution in [0.4, 0.5) is 0 Å². The van der Waals surface area contributed by atoms with Gasteiger partial charge in [0.15, 0.2) is 0 Å². The van der Waals surface area contributed by atoms with Gasteiger partial charge < -0.3 is 0 Å². The van der Waals surface area contributed by atoms with Gasteiger partial charge in [-0.3, -0.25) is 9.98 Å². The first kappa shape index (κ1) is 7.47. The normalized spacial score (nSPS) is 18.0. The molecule has 0 aliphatic heterocycles. The summed E-state index contributed by atoms with van der Waals surface area (Å²) in [7, 11) is 0. The number of rotatable bonds is 2. The molecule has 1 aliphatic carbocycles. The molecule has 1 aliphatic rings. The van der Waals surface area contributed by atoms with Crippen molar-refractivity contribution in [3.05, 3.63) is 30.1 Å². The lowest BCUT2D eigenvalue weighted by molar-refractivity contribution is 0.421. The average Bonchev–Trinajstić information content (AvgIpc) is 2.04. The molecule has 62 valence electrons. The summed E-state index contributed by atoms with van der Waals surface area (Å²) in [6.07, 6.45) is 9.41. The van der Waals surface area contributed by atoms with Crippen LogP contribution < -0.4 is 0 Å². The van der Waals surface area contributed by atoms with E-state index >= 15 is 0 Å². The van der Waals surface area contributed by atoms with Crippen LogP contribution in [0.5, 0.6) is 0 Å². The average molecular weight is 160 g/mol. The third kappa shape index (κ3) is 1.70. The monoisotopic (exact) mass is 160 g/mol. The van der Waals surface area contributed by atoms with Gasteiger partial charge in [0.2, 0.25) is 0 Å². The van der Waals surface area contributed by atoms with E-state index in [-0.39, 0.29) is 0 Å². The minimum atomic E-state index is 0.588. The van der Waals surface area contributed by atoms with E-state index in [1.807, 2.05) is 24.5 Å². The van der Waals surface area contributed by atoms with Crippen LogP contribution in [-0.2, 0) is 0 Å². The van der Waals surface area contributed by atoms with Gasteiger partial charge >= 0.3 is 0 Å². The van der Waals surface area contributed by atoms with Crippen LogP contribution in [0.3, 0.4) is 0 Å². The van der Waals surface area contributed by atoms with E-state index in [4.69, 9.17) is 0 Å². The molecule has 0 bridgehead atoms. The third-order valence-corrected chi connectivity index (χ3v) is 2.19. The van der Waals surface area contributed by atoms with Gasteiger partial charge in [-0.1, -0.05) is 6.07 Å². The van der Waals surface area contributed by atoms with Gasteiger partial charge in [0.25, 0.3) is 0 Å². The Labute approximate surface area is 72.4 Å². The summed E-state index contributed by atoms with van der Waals surface area (Å²) in [4.78, 5) is 8.45. The predicted molar refractivity (Wildman–Crippen MR) is 49.5 cm³/mol. The molecule has 1 fully saturated rings. The second-order valence-electron chi connectivity index (χ2n) is 3.15. The fourth-order valence-electron chi connectivity index (χ4n) is 1.18. The molecule has 1 aromatic heterocycles. The number of hydrogen-bond acceptors (Lipinski definition) is 2. The molecule has 0 saturated heterocycles. The van der Waals surface area contributed by atoms with E-state index in [9.17, 15) is 0 Å². The number of nitrogens with zero attached hydrogens (tertiary/aromatic N) is 2. The van der Waals surface area contributed by atoms with Gasteiger partial charge in [0, 0.05) is 30.2 Å². The van der Waals surface area contributed by atoms with Crippen molar-refractivity contribution >= 4 is 6.21 Å². The van der Waals surface area contributed by atoms with Crippen molar-refractivity contribution < 1.29 is 0 Å².